The van der Waals surface area contributed by atoms with Gasteiger partial charge in [-0.2, -0.15) is 0 Å². The quantitative estimate of drug-likeness (QED) is 0.812. The molecule has 1 N–H and O–H groups in total. The van der Waals surface area contributed by atoms with Gasteiger partial charge in [-0.15, -0.1) is 0 Å². The lowest BCUT2D eigenvalue weighted by Crippen LogP contribution is -2.20. The lowest BCUT2D eigenvalue weighted by Gasteiger charge is -2.32. The fourth-order valence-electron chi connectivity index (χ4n) is 2.94. The molecule has 2 nitrogen and oxygen atoms in total. The first-order chi connectivity index (χ1) is 8.04. The molecule has 0 saturated heterocycles. The average Bonchev–Trinajstić information content (AvgIpc) is 2.27. The molecule has 0 radical (unpaired) electrons. The maximum atomic E-state index is 9.47. The Hall–Kier alpha value is -0.600. The van der Waals surface area contributed by atoms with Crippen molar-refractivity contribution in [2.75, 3.05) is 0 Å². The normalized spacial score (nSPS) is 23.9. The third-order valence-corrected chi connectivity index (χ3v) is 4.07. The standard InChI is InChI=1S/C14H20ClNO/c1-8(2)11-5-4-9(3)13-10(7-17)6-12(15)16-14(11)13/h6,8-9,11,17H,4-5,7H2,1-3H3. The summed E-state index contributed by atoms with van der Waals surface area (Å²) in [5.74, 6) is 1.52. The van der Waals surface area contributed by atoms with Crippen molar-refractivity contribution in [2.24, 2.45) is 5.92 Å². The second kappa shape index (κ2) is 4.95. The molecule has 0 fully saturated rings. The van der Waals surface area contributed by atoms with Crippen molar-refractivity contribution in [1.82, 2.24) is 4.98 Å². The smallest absolute Gasteiger partial charge is 0.129 e. The number of fused-ring (bicyclic) bond motifs is 1. The van der Waals surface area contributed by atoms with Gasteiger partial charge in [-0.25, -0.2) is 4.98 Å². The van der Waals surface area contributed by atoms with Gasteiger partial charge in [0.15, 0.2) is 0 Å². The molecule has 0 spiro atoms. The molecule has 1 aromatic rings. The first-order valence-electron chi connectivity index (χ1n) is 6.34. The van der Waals surface area contributed by atoms with Crippen LogP contribution in [0, 0.1) is 5.92 Å². The number of hydrogen-bond donors (Lipinski definition) is 1. The summed E-state index contributed by atoms with van der Waals surface area (Å²) >= 11 is 6.06. The van der Waals surface area contributed by atoms with Gasteiger partial charge in [0.05, 0.1) is 6.61 Å². The number of rotatable bonds is 2. The molecule has 2 atom stereocenters. The molecule has 2 rings (SSSR count). The van der Waals surface area contributed by atoms with E-state index >= 15 is 0 Å². The Morgan fingerprint density at radius 1 is 1.47 bits per heavy atom. The fourth-order valence-corrected chi connectivity index (χ4v) is 3.16. The zero-order valence-electron chi connectivity index (χ0n) is 10.7. The van der Waals surface area contributed by atoms with Gasteiger partial charge in [-0.3, -0.25) is 0 Å². The number of pyridine rings is 1. The maximum absolute atomic E-state index is 9.47. The summed E-state index contributed by atoms with van der Waals surface area (Å²) in [5, 5.41) is 9.98. The van der Waals surface area contributed by atoms with Crippen LogP contribution in [-0.2, 0) is 6.61 Å². The third-order valence-electron chi connectivity index (χ3n) is 3.87. The van der Waals surface area contributed by atoms with Gasteiger partial charge in [0.1, 0.15) is 5.15 Å². The minimum Gasteiger partial charge on any atom is -0.392 e. The highest BCUT2D eigenvalue weighted by molar-refractivity contribution is 6.29. The van der Waals surface area contributed by atoms with Crippen molar-refractivity contribution in [1.29, 1.82) is 0 Å². The van der Waals surface area contributed by atoms with Gasteiger partial charge < -0.3 is 5.11 Å². The second-order valence-corrected chi connectivity index (χ2v) is 5.78. The molecule has 94 valence electrons. The van der Waals surface area contributed by atoms with Gasteiger partial charge in [-0.1, -0.05) is 32.4 Å². The minimum atomic E-state index is 0.0553. The molecular weight excluding hydrogens is 234 g/mol. The molecular formula is C14H20ClNO. The molecule has 0 bridgehead atoms. The van der Waals surface area contributed by atoms with Crippen LogP contribution in [0.1, 0.15) is 62.3 Å². The average molecular weight is 254 g/mol. The Morgan fingerprint density at radius 3 is 2.76 bits per heavy atom. The molecule has 1 aliphatic carbocycles. The molecule has 17 heavy (non-hydrogen) atoms. The zero-order valence-corrected chi connectivity index (χ0v) is 11.5. The monoisotopic (exact) mass is 253 g/mol. The number of nitrogens with zero attached hydrogens (tertiary/aromatic N) is 1. The van der Waals surface area contributed by atoms with E-state index in [2.05, 4.69) is 25.8 Å². The van der Waals surface area contributed by atoms with Gasteiger partial charge in [-0.05, 0) is 41.9 Å². The van der Waals surface area contributed by atoms with Crippen molar-refractivity contribution in [2.45, 2.75) is 52.1 Å². The SMILES string of the molecule is CC1CCC(C(C)C)c2nc(Cl)cc(CO)c21. The van der Waals surface area contributed by atoms with Gasteiger partial charge >= 0.3 is 0 Å². The first-order valence-corrected chi connectivity index (χ1v) is 6.72. The molecule has 1 heterocycles. The summed E-state index contributed by atoms with van der Waals surface area (Å²) in [5.41, 5.74) is 3.31. The lowest BCUT2D eigenvalue weighted by atomic mass is 9.74. The van der Waals surface area contributed by atoms with E-state index in [9.17, 15) is 5.11 Å². The van der Waals surface area contributed by atoms with E-state index in [0.29, 0.717) is 22.9 Å². The molecule has 0 aromatic carbocycles. The van der Waals surface area contributed by atoms with Crippen LogP contribution in [0.2, 0.25) is 5.15 Å². The number of aromatic nitrogens is 1. The Morgan fingerprint density at radius 2 is 2.18 bits per heavy atom. The first kappa shape index (κ1) is 12.8. The minimum absolute atomic E-state index is 0.0553. The van der Waals surface area contributed by atoms with Crippen LogP contribution < -0.4 is 0 Å². The van der Waals surface area contributed by atoms with Gasteiger partial charge in [0.2, 0.25) is 0 Å². The highest BCUT2D eigenvalue weighted by Gasteiger charge is 2.30. The van der Waals surface area contributed by atoms with E-state index < -0.39 is 0 Å². The molecule has 3 heteroatoms. The number of hydrogen-bond acceptors (Lipinski definition) is 2. The van der Waals surface area contributed by atoms with Crippen LogP contribution in [0.15, 0.2) is 6.07 Å². The summed E-state index contributed by atoms with van der Waals surface area (Å²) in [6.07, 6.45) is 2.34. The van der Waals surface area contributed by atoms with E-state index in [0.717, 1.165) is 11.3 Å². The summed E-state index contributed by atoms with van der Waals surface area (Å²) in [6, 6.07) is 1.81. The molecule has 0 aliphatic heterocycles. The second-order valence-electron chi connectivity index (χ2n) is 5.39. The highest BCUT2D eigenvalue weighted by atomic mass is 35.5. The molecule has 0 saturated carbocycles. The van der Waals surface area contributed by atoms with Crippen LogP contribution in [-0.4, -0.2) is 10.1 Å². The number of aliphatic hydroxyl groups excluding tert-OH is 1. The summed E-state index contributed by atoms with van der Waals surface area (Å²) in [7, 11) is 0. The van der Waals surface area contributed by atoms with Crippen molar-refractivity contribution in [3.05, 3.63) is 28.0 Å². The Labute approximate surface area is 108 Å². The maximum Gasteiger partial charge on any atom is 0.129 e. The van der Waals surface area contributed by atoms with E-state index in [1.54, 1.807) is 6.07 Å². The Balaban J connectivity index is 2.58. The Bertz CT molecular complexity index is 417. The van der Waals surface area contributed by atoms with Crippen molar-refractivity contribution in [3.63, 3.8) is 0 Å². The van der Waals surface area contributed by atoms with Crippen molar-refractivity contribution >= 4 is 11.6 Å². The van der Waals surface area contributed by atoms with E-state index in [4.69, 9.17) is 11.6 Å². The largest absolute Gasteiger partial charge is 0.392 e. The number of aliphatic hydroxyl groups is 1. The third kappa shape index (κ3) is 2.34. The molecule has 1 aromatic heterocycles. The lowest BCUT2D eigenvalue weighted by molar-refractivity contribution is 0.277. The van der Waals surface area contributed by atoms with Crippen LogP contribution >= 0.6 is 11.6 Å². The Kier molecular flexibility index (Phi) is 3.74. The van der Waals surface area contributed by atoms with Crippen molar-refractivity contribution in [3.8, 4) is 0 Å². The predicted molar refractivity (Wildman–Crippen MR) is 70.4 cm³/mol. The van der Waals surface area contributed by atoms with Gasteiger partial charge in [0, 0.05) is 11.6 Å². The van der Waals surface area contributed by atoms with E-state index in [1.165, 1.54) is 18.4 Å². The molecule has 2 unspecified atom stereocenters. The topological polar surface area (TPSA) is 33.1 Å². The molecule has 1 aliphatic rings. The predicted octanol–water partition coefficient (Wildman–Crippen LogP) is 3.86. The number of halogens is 1. The van der Waals surface area contributed by atoms with E-state index in [1.807, 2.05) is 0 Å². The highest BCUT2D eigenvalue weighted by Crippen LogP contribution is 2.43. The van der Waals surface area contributed by atoms with Crippen LogP contribution in [0.3, 0.4) is 0 Å². The van der Waals surface area contributed by atoms with Crippen LogP contribution in [0.5, 0.6) is 0 Å². The van der Waals surface area contributed by atoms with Gasteiger partial charge in [0.25, 0.3) is 0 Å². The summed E-state index contributed by atoms with van der Waals surface area (Å²) in [4.78, 5) is 4.53. The molecule has 0 amide bonds. The van der Waals surface area contributed by atoms with E-state index in [-0.39, 0.29) is 6.61 Å². The van der Waals surface area contributed by atoms with Crippen LogP contribution in [0.25, 0.3) is 0 Å². The summed E-state index contributed by atoms with van der Waals surface area (Å²) in [6.45, 7) is 6.72. The van der Waals surface area contributed by atoms with Crippen molar-refractivity contribution < 1.29 is 5.11 Å². The van der Waals surface area contributed by atoms with Crippen LogP contribution in [0.4, 0.5) is 0 Å². The summed E-state index contributed by atoms with van der Waals surface area (Å²) < 4.78 is 0. The fraction of sp³-hybridized carbons (Fsp3) is 0.643. The zero-order chi connectivity index (χ0) is 12.6.